The van der Waals surface area contributed by atoms with Gasteiger partial charge in [0.15, 0.2) is 5.65 Å². The number of hydrogen-bond donors (Lipinski definition) is 2. The first-order chi connectivity index (χ1) is 8.24. The van der Waals surface area contributed by atoms with Gasteiger partial charge < -0.3 is 10.1 Å². The van der Waals surface area contributed by atoms with E-state index < -0.39 is 0 Å². The number of halogens is 1. The van der Waals surface area contributed by atoms with Crippen molar-refractivity contribution in [2.45, 2.75) is 0 Å². The number of nitrogens with one attached hydrogen (secondary N) is 1. The van der Waals surface area contributed by atoms with E-state index in [0.717, 1.165) is 11.1 Å². The van der Waals surface area contributed by atoms with E-state index in [1.807, 2.05) is 0 Å². The SMILES string of the molecule is Oc1ccc(-c2nc3nccc(Cl)c3[nH]2)cc1. The molecule has 5 heteroatoms. The first-order valence-corrected chi connectivity index (χ1v) is 5.41. The van der Waals surface area contributed by atoms with Crippen LogP contribution in [-0.4, -0.2) is 20.1 Å². The Morgan fingerprint density at radius 3 is 2.59 bits per heavy atom. The van der Waals surface area contributed by atoms with E-state index in [2.05, 4.69) is 15.0 Å². The Labute approximate surface area is 102 Å². The number of aromatic nitrogens is 3. The van der Waals surface area contributed by atoms with Crippen LogP contribution in [0.15, 0.2) is 36.5 Å². The second-order valence-corrected chi connectivity index (χ2v) is 4.03. The molecule has 1 aromatic carbocycles. The van der Waals surface area contributed by atoms with E-state index in [-0.39, 0.29) is 5.75 Å². The number of rotatable bonds is 1. The molecule has 0 spiro atoms. The lowest BCUT2D eigenvalue weighted by Gasteiger charge is -1.95. The van der Waals surface area contributed by atoms with Crippen LogP contribution in [-0.2, 0) is 0 Å². The van der Waals surface area contributed by atoms with E-state index in [0.29, 0.717) is 16.5 Å². The summed E-state index contributed by atoms with van der Waals surface area (Å²) in [6, 6.07) is 8.49. The zero-order chi connectivity index (χ0) is 11.8. The summed E-state index contributed by atoms with van der Waals surface area (Å²) in [6.07, 6.45) is 1.62. The third kappa shape index (κ3) is 1.72. The van der Waals surface area contributed by atoms with Crippen molar-refractivity contribution in [3.05, 3.63) is 41.6 Å². The molecule has 3 rings (SSSR count). The number of H-pyrrole nitrogens is 1. The molecule has 0 aliphatic rings. The Kier molecular flexibility index (Phi) is 2.23. The predicted molar refractivity (Wildman–Crippen MR) is 66.0 cm³/mol. The molecule has 17 heavy (non-hydrogen) atoms. The molecule has 2 aromatic heterocycles. The summed E-state index contributed by atoms with van der Waals surface area (Å²) >= 11 is 6.03. The van der Waals surface area contributed by atoms with Gasteiger partial charge >= 0.3 is 0 Å². The van der Waals surface area contributed by atoms with Gasteiger partial charge in [0.1, 0.15) is 17.1 Å². The highest BCUT2D eigenvalue weighted by Gasteiger charge is 2.08. The lowest BCUT2D eigenvalue weighted by molar-refractivity contribution is 0.475. The van der Waals surface area contributed by atoms with Crippen molar-refractivity contribution < 1.29 is 5.11 Å². The van der Waals surface area contributed by atoms with E-state index in [4.69, 9.17) is 11.6 Å². The van der Waals surface area contributed by atoms with Gasteiger partial charge in [-0.2, -0.15) is 0 Å². The van der Waals surface area contributed by atoms with E-state index in [1.54, 1.807) is 36.5 Å². The van der Waals surface area contributed by atoms with Crippen molar-refractivity contribution in [1.29, 1.82) is 0 Å². The molecule has 4 nitrogen and oxygen atoms in total. The summed E-state index contributed by atoms with van der Waals surface area (Å²) in [5, 5.41) is 9.81. The van der Waals surface area contributed by atoms with E-state index >= 15 is 0 Å². The highest BCUT2D eigenvalue weighted by Crippen LogP contribution is 2.24. The number of aromatic hydroxyl groups is 1. The van der Waals surface area contributed by atoms with Gasteiger partial charge in [-0.25, -0.2) is 9.97 Å². The largest absolute Gasteiger partial charge is 0.508 e. The first-order valence-electron chi connectivity index (χ1n) is 5.03. The fraction of sp³-hybridized carbons (Fsp3) is 0. The molecular weight excluding hydrogens is 238 g/mol. The maximum absolute atomic E-state index is 9.22. The molecule has 0 aliphatic carbocycles. The van der Waals surface area contributed by atoms with Crippen LogP contribution in [0, 0.1) is 0 Å². The normalized spacial score (nSPS) is 10.9. The maximum atomic E-state index is 9.22. The van der Waals surface area contributed by atoms with Gasteiger partial charge in [0.25, 0.3) is 0 Å². The van der Waals surface area contributed by atoms with Crippen LogP contribution < -0.4 is 0 Å². The molecule has 2 heterocycles. The highest BCUT2D eigenvalue weighted by atomic mass is 35.5. The number of fused-ring (bicyclic) bond motifs is 1. The average Bonchev–Trinajstić information content (AvgIpc) is 2.75. The second-order valence-electron chi connectivity index (χ2n) is 3.62. The molecule has 0 saturated carbocycles. The monoisotopic (exact) mass is 245 g/mol. The molecule has 0 aliphatic heterocycles. The van der Waals surface area contributed by atoms with Crippen molar-refractivity contribution in [3.8, 4) is 17.1 Å². The molecule has 0 unspecified atom stereocenters. The molecule has 84 valence electrons. The first kappa shape index (κ1) is 10.1. The van der Waals surface area contributed by atoms with Crippen LogP contribution in [0.25, 0.3) is 22.6 Å². The lowest BCUT2D eigenvalue weighted by Crippen LogP contribution is -1.78. The highest BCUT2D eigenvalue weighted by molar-refractivity contribution is 6.34. The van der Waals surface area contributed by atoms with Gasteiger partial charge in [0, 0.05) is 11.8 Å². The third-order valence-electron chi connectivity index (χ3n) is 2.48. The summed E-state index contributed by atoms with van der Waals surface area (Å²) in [6.45, 7) is 0. The Hall–Kier alpha value is -2.07. The minimum atomic E-state index is 0.223. The number of phenolic OH excluding ortho intramolecular Hbond substituents is 1. The zero-order valence-corrected chi connectivity index (χ0v) is 9.44. The second kappa shape index (κ2) is 3.75. The van der Waals surface area contributed by atoms with Crippen LogP contribution in [0.2, 0.25) is 5.02 Å². The fourth-order valence-electron chi connectivity index (χ4n) is 1.64. The molecule has 0 atom stereocenters. The minimum Gasteiger partial charge on any atom is -0.508 e. The summed E-state index contributed by atoms with van der Waals surface area (Å²) < 4.78 is 0. The van der Waals surface area contributed by atoms with Crippen molar-refractivity contribution in [1.82, 2.24) is 15.0 Å². The minimum absolute atomic E-state index is 0.223. The standard InChI is InChI=1S/C12H8ClN3O/c13-9-5-6-14-12-10(9)15-11(16-12)7-1-3-8(17)4-2-7/h1-6,17H,(H,14,15,16). The summed E-state index contributed by atoms with van der Waals surface area (Å²) in [4.78, 5) is 11.6. The number of hydrogen-bond acceptors (Lipinski definition) is 3. The lowest BCUT2D eigenvalue weighted by atomic mass is 10.2. The molecule has 0 radical (unpaired) electrons. The number of imidazole rings is 1. The molecular formula is C12H8ClN3O. The van der Waals surface area contributed by atoms with Crippen molar-refractivity contribution in [3.63, 3.8) is 0 Å². The van der Waals surface area contributed by atoms with Gasteiger partial charge in [0.05, 0.1) is 5.02 Å². The van der Waals surface area contributed by atoms with Crippen LogP contribution in [0.1, 0.15) is 0 Å². The number of pyridine rings is 1. The van der Waals surface area contributed by atoms with Crippen molar-refractivity contribution in [2.75, 3.05) is 0 Å². The third-order valence-corrected chi connectivity index (χ3v) is 2.80. The molecule has 0 saturated heterocycles. The number of phenols is 1. The Bertz CT molecular complexity index is 676. The van der Waals surface area contributed by atoms with Crippen LogP contribution in [0.3, 0.4) is 0 Å². The summed E-state index contributed by atoms with van der Waals surface area (Å²) in [7, 11) is 0. The Balaban J connectivity index is 2.18. The van der Waals surface area contributed by atoms with Gasteiger partial charge in [-0.15, -0.1) is 0 Å². The summed E-state index contributed by atoms with van der Waals surface area (Å²) in [5.74, 6) is 0.904. The average molecular weight is 246 g/mol. The Morgan fingerprint density at radius 2 is 1.88 bits per heavy atom. The molecule has 3 aromatic rings. The number of nitrogens with zero attached hydrogens (tertiary/aromatic N) is 2. The van der Waals surface area contributed by atoms with Gasteiger partial charge in [-0.05, 0) is 30.3 Å². The fourth-order valence-corrected chi connectivity index (χ4v) is 1.82. The van der Waals surface area contributed by atoms with Crippen molar-refractivity contribution >= 4 is 22.8 Å². The Morgan fingerprint density at radius 1 is 1.12 bits per heavy atom. The van der Waals surface area contributed by atoms with Crippen LogP contribution in [0.4, 0.5) is 0 Å². The molecule has 0 fully saturated rings. The summed E-state index contributed by atoms with van der Waals surface area (Å²) in [5.41, 5.74) is 2.18. The van der Waals surface area contributed by atoms with E-state index in [9.17, 15) is 5.11 Å². The maximum Gasteiger partial charge on any atom is 0.179 e. The van der Waals surface area contributed by atoms with Crippen molar-refractivity contribution in [2.24, 2.45) is 0 Å². The van der Waals surface area contributed by atoms with Crippen LogP contribution in [0.5, 0.6) is 5.75 Å². The molecule has 0 bridgehead atoms. The molecule has 0 amide bonds. The predicted octanol–water partition coefficient (Wildman–Crippen LogP) is 2.98. The molecule has 2 N–H and O–H groups in total. The quantitative estimate of drug-likeness (QED) is 0.693. The smallest absolute Gasteiger partial charge is 0.179 e. The van der Waals surface area contributed by atoms with Gasteiger partial charge in [-0.1, -0.05) is 11.6 Å². The van der Waals surface area contributed by atoms with E-state index in [1.165, 1.54) is 0 Å². The van der Waals surface area contributed by atoms with Gasteiger partial charge in [0.2, 0.25) is 0 Å². The topological polar surface area (TPSA) is 61.8 Å². The number of aromatic amines is 1. The van der Waals surface area contributed by atoms with Crippen LogP contribution >= 0.6 is 11.6 Å². The number of benzene rings is 1. The van der Waals surface area contributed by atoms with Gasteiger partial charge in [-0.3, -0.25) is 0 Å². The zero-order valence-electron chi connectivity index (χ0n) is 8.68.